The maximum absolute atomic E-state index is 14.3. The molecule has 5 atom stereocenters. The molecule has 150 valence electrons. The van der Waals surface area contributed by atoms with E-state index in [0.29, 0.717) is 4.57 Å². The van der Waals surface area contributed by atoms with Crippen LogP contribution in [-0.4, -0.2) is 69.1 Å². The second kappa shape index (κ2) is 9.24. The zero-order chi connectivity index (χ0) is 20.1. The van der Waals surface area contributed by atoms with Gasteiger partial charge in [0.05, 0.1) is 11.5 Å². The van der Waals surface area contributed by atoms with Crippen LogP contribution in [0.5, 0.6) is 0 Å². The van der Waals surface area contributed by atoms with Gasteiger partial charge < -0.3 is 20.3 Å². The molecule has 1 aliphatic rings. The standard InChI is InChI=1S/C15H19F2N3O6S/c1-7(21)5-27-6-10(22)25-4-8-13(23)11(16)12(17)14(26-8)20-3-2-9(18)19-15(20)24/h2-3,8,11-14,23H,4-6H2,1H3,(H2,18,19,24)/t8-,11?,12?,13?,14-/m1/s1. The topological polar surface area (TPSA) is 134 Å². The third-order valence-electron chi connectivity index (χ3n) is 3.66. The van der Waals surface area contributed by atoms with Gasteiger partial charge in [0.1, 0.15) is 30.4 Å². The molecule has 2 heterocycles. The highest BCUT2D eigenvalue weighted by Gasteiger charge is 2.47. The van der Waals surface area contributed by atoms with Crippen LogP contribution in [0.4, 0.5) is 14.6 Å². The molecular weight excluding hydrogens is 388 g/mol. The molecule has 1 aromatic rings. The van der Waals surface area contributed by atoms with Crippen LogP contribution >= 0.6 is 11.8 Å². The number of nitrogen functional groups attached to an aromatic ring is 1. The van der Waals surface area contributed by atoms with Gasteiger partial charge in [-0.05, 0) is 13.0 Å². The molecule has 1 aromatic heterocycles. The summed E-state index contributed by atoms with van der Waals surface area (Å²) in [6, 6.07) is 1.21. The number of aliphatic hydroxyl groups is 1. The van der Waals surface area contributed by atoms with E-state index in [-0.39, 0.29) is 23.1 Å². The first kappa shape index (κ1) is 21.3. The fourth-order valence-electron chi connectivity index (χ4n) is 2.36. The van der Waals surface area contributed by atoms with Gasteiger partial charge in [-0.3, -0.25) is 14.2 Å². The maximum Gasteiger partial charge on any atom is 0.351 e. The highest BCUT2D eigenvalue weighted by atomic mass is 32.2. The number of carbonyl (C=O) groups is 2. The SMILES string of the molecule is CC(=O)CSCC(=O)OC[C@H]1O[C@@H](n2ccc(N)nc2=O)C(F)C(F)C1O. The lowest BCUT2D eigenvalue weighted by atomic mass is 10.0. The first-order valence-corrected chi connectivity index (χ1v) is 9.05. The van der Waals surface area contributed by atoms with Gasteiger partial charge in [0.15, 0.2) is 18.6 Å². The molecule has 0 aromatic carbocycles. The summed E-state index contributed by atoms with van der Waals surface area (Å²) in [5, 5.41) is 9.84. The van der Waals surface area contributed by atoms with Gasteiger partial charge in [0, 0.05) is 6.20 Å². The molecule has 0 amide bonds. The van der Waals surface area contributed by atoms with Crippen LogP contribution in [0, 0.1) is 0 Å². The van der Waals surface area contributed by atoms with Gasteiger partial charge in [-0.15, -0.1) is 11.8 Å². The van der Waals surface area contributed by atoms with Crippen LogP contribution in [0.1, 0.15) is 13.2 Å². The Morgan fingerprint density at radius 2 is 2.11 bits per heavy atom. The number of anilines is 1. The Balaban J connectivity index is 2.03. The van der Waals surface area contributed by atoms with E-state index in [0.717, 1.165) is 18.0 Å². The molecule has 3 unspecified atom stereocenters. The number of ether oxygens (including phenoxy) is 2. The number of nitrogens with two attached hydrogens (primary N) is 1. The predicted octanol–water partition coefficient (Wildman–Crippen LogP) is -0.375. The number of carbonyl (C=O) groups excluding carboxylic acids is 2. The second-order valence-corrected chi connectivity index (χ2v) is 6.85. The van der Waals surface area contributed by atoms with E-state index >= 15 is 0 Å². The quantitative estimate of drug-likeness (QED) is 0.580. The van der Waals surface area contributed by atoms with Crippen molar-refractivity contribution in [2.24, 2.45) is 0 Å². The summed E-state index contributed by atoms with van der Waals surface area (Å²) in [4.78, 5) is 37.7. The van der Waals surface area contributed by atoms with E-state index in [9.17, 15) is 28.3 Å². The molecule has 1 fully saturated rings. The fourth-order valence-corrected chi connectivity index (χ4v) is 3.00. The summed E-state index contributed by atoms with van der Waals surface area (Å²) in [6.07, 6.45) is -8.63. The average molecular weight is 407 g/mol. The van der Waals surface area contributed by atoms with Crippen LogP contribution in [0.15, 0.2) is 17.1 Å². The zero-order valence-corrected chi connectivity index (χ0v) is 15.1. The minimum Gasteiger partial charge on any atom is -0.462 e. The van der Waals surface area contributed by atoms with Crippen molar-refractivity contribution in [1.29, 1.82) is 0 Å². The predicted molar refractivity (Wildman–Crippen MR) is 91.6 cm³/mol. The van der Waals surface area contributed by atoms with Crippen molar-refractivity contribution in [3.63, 3.8) is 0 Å². The largest absolute Gasteiger partial charge is 0.462 e. The lowest BCUT2D eigenvalue weighted by Crippen LogP contribution is -2.55. The summed E-state index contributed by atoms with van der Waals surface area (Å²) < 4.78 is 39.2. The Bertz CT molecular complexity index is 749. The van der Waals surface area contributed by atoms with Crippen LogP contribution in [0.3, 0.4) is 0 Å². The molecule has 1 saturated heterocycles. The molecule has 0 spiro atoms. The number of ketones is 1. The Morgan fingerprint density at radius 1 is 1.41 bits per heavy atom. The summed E-state index contributed by atoms with van der Waals surface area (Å²) in [7, 11) is 0. The number of Topliss-reactive ketones (excluding diaryl/α,β-unsaturated/α-hetero) is 1. The van der Waals surface area contributed by atoms with Crippen LogP contribution in [0.25, 0.3) is 0 Å². The molecule has 0 saturated carbocycles. The van der Waals surface area contributed by atoms with E-state index in [4.69, 9.17) is 15.2 Å². The highest BCUT2D eigenvalue weighted by Crippen LogP contribution is 2.31. The van der Waals surface area contributed by atoms with Crippen LogP contribution in [0.2, 0.25) is 0 Å². The summed E-state index contributed by atoms with van der Waals surface area (Å²) in [5.41, 5.74) is 4.40. The molecule has 27 heavy (non-hydrogen) atoms. The number of thioether (sulfide) groups is 1. The number of aromatic nitrogens is 2. The van der Waals surface area contributed by atoms with Gasteiger partial charge in [0.2, 0.25) is 0 Å². The van der Waals surface area contributed by atoms with E-state index < -0.39 is 49.0 Å². The number of nitrogens with zero attached hydrogens (tertiary/aromatic N) is 2. The molecule has 1 aliphatic heterocycles. The molecule has 0 bridgehead atoms. The Labute approximate surface area is 156 Å². The maximum atomic E-state index is 14.3. The van der Waals surface area contributed by atoms with Gasteiger partial charge in [-0.2, -0.15) is 4.98 Å². The van der Waals surface area contributed by atoms with Gasteiger partial charge in [0.25, 0.3) is 0 Å². The number of alkyl halides is 2. The number of esters is 1. The lowest BCUT2D eigenvalue weighted by molar-refractivity contribution is -0.223. The monoisotopic (exact) mass is 407 g/mol. The molecule has 3 N–H and O–H groups in total. The highest BCUT2D eigenvalue weighted by molar-refractivity contribution is 8.00. The van der Waals surface area contributed by atoms with Crippen LogP contribution < -0.4 is 11.4 Å². The third-order valence-corrected chi connectivity index (χ3v) is 4.71. The third kappa shape index (κ3) is 5.47. The minimum atomic E-state index is -2.37. The first-order chi connectivity index (χ1) is 12.7. The first-order valence-electron chi connectivity index (χ1n) is 7.90. The van der Waals surface area contributed by atoms with Crippen molar-refractivity contribution >= 4 is 29.3 Å². The number of rotatable bonds is 7. The number of halogens is 2. The van der Waals surface area contributed by atoms with Crippen molar-refractivity contribution in [3.05, 3.63) is 22.7 Å². The summed E-state index contributed by atoms with van der Waals surface area (Å²) >= 11 is 1.03. The van der Waals surface area contributed by atoms with Gasteiger partial charge in [-0.1, -0.05) is 0 Å². The number of hydrogen-bond acceptors (Lipinski definition) is 9. The molecular formula is C15H19F2N3O6S. The number of hydrogen-bond donors (Lipinski definition) is 2. The van der Waals surface area contributed by atoms with Crippen molar-refractivity contribution in [2.45, 2.75) is 37.7 Å². The van der Waals surface area contributed by atoms with Gasteiger partial charge >= 0.3 is 11.7 Å². The Morgan fingerprint density at radius 3 is 2.74 bits per heavy atom. The molecule has 0 aliphatic carbocycles. The van der Waals surface area contributed by atoms with E-state index in [1.807, 2.05) is 0 Å². The lowest BCUT2D eigenvalue weighted by Gasteiger charge is -2.38. The smallest absolute Gasteiger partial charge is 0.351 e. The van der Waals surface area contributed by atoms with Crippen molar-refractivity contribution in [2.75, 3.05) is 23.8 Å². The van der Waals surface area contributed by atoms with E-state index in [1.165, 1.54) is 13.0 Å². The molecule has 0 radical (unpaired) electrons. The fraction of sp³-hybridized carbons (Fsp3) is 0.600. The average Bonchev–Trinajstić information content (AvgIpc) is 2.59. The second-order valence-electron chi connectivity index (χ2n) is 5.86. The van der Waals surface area contributed by atoms with Crippen LogP contribution in [-0.2, 0) is 19.1 Å². The van der Waals surface area contributed by atoms with Crippen molar-refractivity contribution in [3.8, 4) is 0 Å². The van der Waals surface area contributed by atoms with E-state index in [1.54, 1.807) is 0 Å². The van der Waals surface area contributed by atoms with Gasteiger partial charge in [-0.25, -0.2) is 13.6 Å². The van der Waals surface area contributed by atoms with Crippen molar-refractivity contribution in [1.82, 2.24) is 9.55 Å². The Hall–Kier alpha value is -2.05. The zero-order valence-electron chi connectivity index (χ0n) is 14.3. The summed E-state index contributed by atoms with van der Waals surface area (Å²) in [5.74, 6) is -0.926. The molecule has 2 rings (SSSR count). The molecule has 9 nitrogen and oxygen atoms in total. The Kier molecular flexibility index (Phi) is 7.27. The van der Waals surface area contributed by atoms with E-state index in [2.05, 4.69) is 4.98 Å². The minimum absolute atomic E-state index is 0.104. The number of aliphatic hydroxyl groups excluding tert-OH is 1. The van der Waals surface area contributed by atoms with Crippen molar-refractivity contribution < 1.29 is 33.0 Å². The normalized spacial score (nSPS) is 27.9. The summed E-state index contributed by atoms with van der Waals surface area (Å²) in [6.45, 7) is 0.814. The molecule has 12 heteroatoms.